The zero-order valence-corrected chi connectivity index (χ0v) is 12.8. The number of aliphatic hydroxyl groups excluding tert-OH is 1. The summed E-state index contributed by atoms with van der Waals surface area (Å²) >= 11 is 1.69. The molecule has 20 heavy (non-hydrogen) atoms. The molecule has 4 nitrogen and oxygen atoms in total. The fourth-order valence-electron chi connectivity index (χ4n) is 2.78. The number of piperazine rings is 1. The highest BCUT2D eigenvalue weighted by atomic mass is 32.1. The van der Waals surface area contributed by atoms with Gasteiger partial charge in [-0.15, -0.1) is 11.3 Å². The normalized spacial score (nSPS) is 23.2. The van der Waals surface area contributed by atoms with Gasteiger partial charge in [-0.25, -0.2) is 4.98 Å². The molecule has 108 valence electrons. The molecule has 0 amide bonds. The van der Waals surface area contributed by atoms with Crippen LogP contribution in [0.15, 0.2) is 24.3 Å². The number of fused-ring (bicyclic) bond motifs is 1. The molecule has 0 bridgehead atoms. The van der Waals surface area contributed by atoms with Crippen LogP contribution in [0.4, 0.5) is 0 Å². The minimum atomic E-state index is -0.358. The van der Waals surface area contributed by atoms with Crippen LogP contribution in [0.1, 0.15) is 5.01 Å². The van der Waals surface area contributed by atoms with Gasteiger partial charge in [-0.3, -0.25) is 4.90 Å². The van der Waals surface area contributed by atoms with Gasteiger partial charge in [-0.2, -0.15) is 0 Å². The van der Waals surface area contributed by atoms with Crippen molar-refractivity contribution in [1.29, 1.82) is 0 Å². The lowest BCUT2D eigenvalue weighted by atomic mass is 10.0. The van der Waals surface area contributed by atoms with E-state index in [1.807, 2.05) is 18.2 Å². The van der Waals surface area contributed by atoms with Crippen molar-refractivity contribution in [3.05, 3.63) is 29.3 Å². The van der Waals surface area contributed by atoms with E-state index in [4.69, 9.17) is 0 Å². The van der Waals surface area contributed by atoms with E-state index < -0.39 is 0 Å². The first kappa shape index (κ1) is 13.9. The van der Waals surface area contributed by atoms with Crippen molar-refractivity contribution >= 4 is 21.6 Å². The van der Waals surface area contributed by atoms with E-state index >= 15 is 0 Å². The molecule has 1 aromatic carbocycles. The van der Waals surface area contributed by atoms with Gasteiger partial charge in [-0.1, -0.05) is 12.1 Å². The van der Waals surface area contributed by atoms with Crippen LogP contribution >= 0.6 is 11.3 Å². The minimum Gasteiger partial charge on any atom is -0.391 e. The molecule has 1 aliphatic rings. The lowest BCUT2D eigenvalue weighted by molar-refractivity contribution is 0.0153. The number of aliphatic hydroxyl groups is 1. The van der Waals surface area contributed by atoms with Crippen molar-refractivity contribution in [1.82, 2.24) is 14.8 Å². The molecule has 5 heteroatoms. The summed E-state index contributed by atoms with van der Waals surface area (Å²) in [6, 6.07) is 8.35. The zero-order chi connectivity index (χ0) is 14.1. The van der Waals surface area contributed by atoms with Crippen LogP contribution in [0.2, 0.25) is 0 Å². The molecule has 2 aromatic rings. The smallest absolute Gasteiger partial charge is 0.0965 e. The van der Waals surface area contributed by atoms with E-state index in [1.54, 1.807) is 11.3 Å². The number of likely N-dealkylation sites (N-methyl/N-ethyl adjacent to an activating group) is 2. The zero-order valence-electron chi connectivity index (χ0n) is 12.0. The maximum absolute atomic E-state index is 10.5. The fourth-order valence-corrected chi connectivity index (χ4v) is 3.80. The predicted octanol–water partition coefficient (Wildman–Crippen LogP) is 1.45. The molecule has 1 N–H and O–H groups in total. The lowest BCUT2D eigenvalue weighted by Crippen LogP contribution is -2.55. The third kappa shape index (κ3) is 2.86. The Balaban J connectivity index is 1.72. The van der Waals surface area contributed by atoms with Crippen molar-refractivity contribution < 1.29 is 5.11 Å². The highest BCUT2D eigenvalue weighted by molar-refractivity contribution is 7.18. The first-order valence-corrected chi connectivity index (χ1v) is 7.86. The number of aromatic nitrogens is 1. The summed E-state index contributed by atoms with van der Waals surface area (Å²) in [6.07, 6.45) is 0.283. The summed E-state index contributed by atoms with van der Waals surface area (Å²) in [7, 11) is 4.21. The number of thiazole rings is 1. The van der Waals surface area contributed by atoms with Crippen LogP contribution in [0.5, 0.6) is 0 Å². The molecule has 0 saturated carbocycles. The van der Waals surface area contributed by atoms with E-state index in [0.29, 0.717) is 6.42 Å². The van der Waals surface area contributed by atoms with Crippen molar-refractivity contribution in [2.45, 2.75) is 18.6 Å². The van der Waals surface area contributed by atoms with Crippen molar-refractivity contribution in [2.75, 3.05) is 33.7 Å². The molecule has 3 rings (SSSR count). The number of nitrogens with zero attached hydrogens (tertiary/aromatic N) is 3. The number of para-hydroxylation sites is 1. The van der Waals surface area contributed by atoms with Gasteiger partial charge in [-0.05, 0) is 26.2 Å². The third-order valence-electron chi connectivity index (χ3n) is 4.07. The van der Waals surface area contributed by atoms with Crippen LogP contribution < -0.4 is 0 Å². The van der Waals surface area contributed by atoms with Gasteiger partial charge < -0.3 is 10.0 Å². The highest BCUT2D eigenvalue weighted by Crippen LogP contribution is 2.24. The summed E-state index contributed by atoms with van der Waals surface area (Å²) < 4.78 is 1.20. The Morgan fingerprint density at radius 1 is 1.35 bits per heavy atom. The minimum absolute atomic E-state index is 0.195. The van der Waals surface area contributed by atoms with Gasteiger partial charge in [0.05, 0.1) is 21.3 Å². The van der Waals surface area contributed by atoms with Gasteiger partial charge in [0.1, 0.15) is 0 Å². The topological polar surface area (TPSA) is 39.6 Å². The molecule has 2 atom stereocenters. The molecule has 1 saturated heterocycles. The molecular weight excluding hydrogens is 270 g/mol. The predicted molar refractivity (Wildman–Crippen MR) is 83.2 cm³/mol. The average Bonchev–Trinajstić information content (AvgIpc) is 2.83. The van der Waals surface area contributed by atoms with Gasteiger partial charge in [0.25, 0.3) is 0 Å². The molecule has 1 aliphatic heterocycles. The molecule has 0 radical (unpaired) electrons. The van der Waals surface area contributed by atoms with E-state index in [2.05, 4.69) is 34.9 Å². The summed E-state index contributed by atoms with van der Waals surface area (Å²) in [5.74, 6) is 0. The van der Waals surface area contributed by atoms with Crippen LogP contribution in [-0.2, 0) is 6.42 Å². The number of benzene rings is 1. The molecule has 1 aromatic heterocycles. The Kier molecular flexibility index (Phi) is 4.03. The van der Waals surface area contributed by atoms with Gasteiger partial charge >= 0.3 is 0 Å². The van der Waals surface area contributed by atoms with Crippen molar-refractivity contribution in [2.24, 2.45) is 0 Å². The van der Waals surface area contributed by atoms with Crippen LogP contribution in [0, 0.1) is 0 Å². The molecule has 2 heterocycles. The SMILES string of the molecule is CN1CCN(C)C(C(O)Cc2nc3ccccc3s2)C1. The second-order valence-electron chi connectivity index (χ2n) is 5.66. The Bertz CT molecular complexity index is 552. The van der Waals surface area contributed by atoms with E-state index in [-0.39, 0.29) is 12.1 Å². The first-order chi connectivity index (χ1) is 9.63. The maximum atomic E-state index is 10.5. The Morgan fingerprint density at radius 3 is 2.95 bits per heavy atom. The molecule has 0 aliphatic carbocycles. The summed E-state index contributed by atoms with van der Waals surface area (Å²) in [4.78, 5) is 9.16. The second kappa shape index (κ2) is 5.77. The van der Waals surface area contributed by atoms with E-state index in [0.717, 1.165) is 30.2 Å². The summed E-state index contributed by atoms with van der Waals surface area (Å²) in [6.45, 7) is 3.00. The maximum Gasteiger partial charge on any atom is 0.0965 e. The molecule has 1 fully saturated rings. The highest BCUT2D eigenvalue weighted by Gasteiger charge is 2.29. The quantitative estimate of drug-likeness (QED) is 0.929. The first-order valence-electron chi connectivity index (χ1n) is 7.05. The fraction of sp³-hybridized carbons (Fsp3) is 0.533. The Hall–Kier alpha value is -1.01. The largest absolute Gasteiger partial charge is 0.391 e. The number of hydrogen-bond acceptors (Lipinski definition) is 5. The molecule has 2 unspecified atom stereocenters. The summed E-state index contributed by atoms with van der Waals surface area (Å²) in [5.41, 5.74) is 1.04. The van der Waals surface area contributed by atoms with Gasteiger partial charge in [0, 0.05) is 32.1 Å². The van der Waals surface area contributed by atoms with Gasteiger partial charge in [0.15, 0.2) is 0 Å². The third-order valence-corrected chi connectivity index (χ3v) is 5.12. The standard InChI is InChI=1S/C15H21N3OS/c1-17-7-8-18(2)12(10-17)13(19)9-15-16-11-5-3-4-6-14(11)20-15/h3-6,12-13,19H,7-10H2,1-2H3. The lowest BCUT2D eigenvalue weighted by Gasteiger charge is -2.40. The van der Waals surface area contributed by atoms with E-state index in [1.165, 1.54) is 4.70 Å². The van der Waals surface area contributed by atoms with Crippen LogP contribution in [0.25, 0.3) is 10.2 Å². The second-order valence-corrected chi connectivity index (χ2v) is 6.77. The molecule has 0 spiro atoms. The van der Waals surface area contributed by atoms with Crippen molar-refractivity contribution in [3.63, 3.8) is 0 Å². The monoisotopic (exact) mass is 291 g/mol. The molecular formula is C15H21N3OS. The Labute approximate surface area is 123 Å². The van der Waals surface area contributed by atoms with Gasteiger partial charge in [0.2, 0.25) is 0 Å². The Morgan fingerprint density at radius 2 is 2.15 bits per heavy atom. The van der Waals surface area contributed by atoms with Crippen LogP contribution in [0.3, 0.4) is 0 Å². The number of hydrogen-bond donors (Lipinski definition) is 1. The van der Waals surface area contributed by atoms with E-state index in [9.17, 15) is 5.11 Å². The average molecular weight is 291 g/mol. The van der Waals surface area contributed by atoms with Crippen LogP contribution in [-0.4, -0.2) is 65.8 Å². The number of rotatable bonds is 3. The van der Waals surface area contributed by atoms with Crippen molar-refractivity contribution in [3.8, 4) is 0 Å². The summed E-state index contributed by atoms with van der Waals surface area (Å²) in [5, 5.41) is 11.6.